The van der Waals surface area contributed by atoms with Crippen LogP contribution in [-0.4, -0.2) is 75.9 Å². The Kier molecular flexibility index (Phi) is 15.9. The number of ether oxygens (including phenoxy) is 2. The minimum Gasteiger partial charge on any atom is -0.382 e. The number of guanidine groups is 1. The van der Waals surface area contributed by atoms with Crippen LogP contribution in [0, 0.1) is 5.92 Å². The summed E-state index contributed by atoms with van der Waals surface area (Å²) >= 11 is 0. The highest BCUT2D eigenvalue weighted by Gasteiger charge is 2.28. The third-order valence-corrected chi connectivity index (χ3v) is 5.06. The molecular formula is C20H41IN4O3. The van der Waals surface area contributed by atoms with Gasteiger partial charge in [-0.05, 0) is 32.1 Å². The Hall–Kier alpha value is -0.610. The molecule has 0 aromatic heterocycles. The molecule has 0 aliphatic carbocycles. The highest BCUT2D eigenvalue weighted by Crippen LogP contribution is 2.25. The van der Waals surface area contributed by atoms with Gasteiger partial charge in [-0.15, -0.1) is 24.0 Å². The van der Waals surface area contributed by atoms with Crippen LogP contribution >= 0.6 is 24.0 Å². The maximum atomic E-state index is 11.9. The molecule has 1 rings (SSSR count). The molecule has 2 atom stereocenters. The molecular weight excluding hydrogens is 471 g/mol. The van der Waals surface area contributed by atoms with Gasteiger partial charge >= 0.3 is 0 Å². The Balaban J connectivity index is 0.00000729. The molecule has 166 valence electrons. The zero-order valence-electron chi connectivity index (χ0n) is 18.3. The van der Waals surface area contributed by atoms with Gasteiger partial charge in [0.05, 0.1) is 6.10 Å². The van der Waals surface area contributed by atoms with Gasteiger partial charge in [-0.1, -0.05) is 26.7 Å². The summed E-state index contributed by atoms with van der Waals surface area (Å²) in [7, 11) is 3.50. The Bertz CT molecular complexity index is 445. The van der Waals surface area contributed by atoms with Crippen molar-refractivity contribution in [2.45, 2.75) is 65.0 Å². The van der Waals surface area contributed by atoms with Crippen LogP contribution in [0.15, 0.2) is 4.99 Å². The predicted molar refractivity (Wildman–Crippen MR) is 125 cm³/mol. The third-order valence-electron chi connectivity index (χ3n) is 5.06. The highest BCUT2D eigenvalue weighted by atomic mass is 127. The minimum atomic E-state index is -0.00713. The fourth-order valence-electron chi connectivity index (χ4n) is 3.26. The number of nitrogens with one attached hydrogen (secondary N) is 2. The van der Waals surface area contributed by atoms with Crippen LogP contribution in [0.1, 0.15) is 52.9 Å². The molecule has 0 radical (unpaired) electrons. The summed E-state index contributed by atoms with van der Waals surface area (Å²) in [5.74, 6) is 1.30. The van der Waals surface area contributed by atoms with E-state index in [1.54, 1.807) is 19.0 Å². The van der Waals surface area contributed by atoms with Gasteiger partial charge in [0.1, 0.15) is 6.54 Å². The van der Waals surface area contributed by atoms with Gasteiger partial charge in [0, 0.05) is 46.5 Å². The maximum absolute atomic E-state index is 11.9. The van der Waals surface area contributed by atoms with Crippen LogP contribution in [0.25, 0.3) is 0 Å². The number of carbonyl (C=O) groups excluding carboxylic acids is 1. The fraction of sp³-hybridized carbons (Fsp3) is 0.900. The zero-order valence-corrected chi connectivity index (χ0v) is 20.7. The van der Waals surface area contributed by atoms with Crippen molar-refractivity contribution in [3.8, 4) is 0 Å². The smallest absolute Gasteiger partial charge is 0.243 e. The van der Waals surface area contributed by atoms with Crippen LogP contribution in [0.3, 0.4) is 0 Å². The summed E-state index contributed by atoms with van der Waals surface area (Å²) in [4.78, 5) is 17.9. The van der Waals surface area contributed by atoms with E-state index >= 15 is 0 Å². The quantitative estimate of drug-likeness (QED) is 0.193. The molecule has 0 aromatic rings. The maximum Gasteiger partial charge on any atom is 0.243 e. The Morgan fingerprint density at radius 1 is 1.29 bits per heavy atom. The van der Waals surface area contributed by atoms with E-state index in [4.69, 9.17) is 9.47 Å². The van der Waals surface area contributed by atoms with Gasteiger partial charge in [0.15, 0.2) is 5.96 Å². The van der Waals surface area contributed by atoms with Gasteiger partial charge in [0.25, 0.3) is 0 Å². The van der Waals surface area contributed by atoms with E-state index in [-0.39, 0.29) is 36.4 Å². The molecule has 0 saturated carbocycles. The first-order chi connectivity index (χ1) is 13.0. The Morgan fingerprint density at radius 2 is 2.00 bits per heavy atom. The van der Waals surface area contributed by atoms with E-state index in [2.05, 4.69) is 29.5 Å². The van der Waals surface area contributed by atoms with Crippen molar-refractivity contribution >= 4 is 35.8 Å². The average Bonchev–Trinajstić information content (AvgIpc) is 2.66. The van der Waals surface area contributed by atoms with Gasteiger partial charge < -0.3 is 25.0 Å². The van der Waals surface area contributed by atoms with Gasteiger partial charge in [-0.3, -0.25) is 4.79 Å². The predicted octanol–water partition coefficient (Wildman–Crippen LogP) is 2.64. The summed E-state index contributed by atoms with van der Waals surface area (Å²) in [6.07, 6.45) is 5.42. The van der Waals surface area contributed by atoms with Gasteiger partial charge in [0.2, 0.25) is 5.91 Å². The SMILES string of the molecule is CCOCCCNC(=NCC(=O)N(C)C)NC1CCOC(C(CC)CC)C1.I. The normalized spacial score (nSPS) is 19.9. The molecule has 7 nitrogen and oxygen atoms in total. The molecule has 28 heavy (non-hydrogen) atoms. The van der Waals surface area contributed by atoms with Crippen LogP contribution in [-0.2, 0) is 14.3 Å². The standard InChI is InChI=1S/C20H40N4O3.HI/c1-6-16(7-2)18-14-17(10-13-27-18)23-20(21-11-9-12-26-8-3)22-15-19(25)24(4)5;/h16-18H,6-15H2,1-5H3,(H2,21,22,23);1H. The molecule has 0 spiro atoms. The van der Waals surface area contributed by atoms with E-state index in [0.717, 1.165) is 58.5 Å². The second-order valence-electron chi connectivity index (χ2n) is 7.28. The third kappa shape index (κ3) is 10.8. The molecule has 1 saturated heterocycles. The second kappa shape index (κ2) is 16.2. The monoisotopic (exact) mass is 512 g/mol. The van der Waals surface area contributed by atoms with Crippen LogP contribution in [0.2, 0.25) is 0 Å². The van der Waals surface area contributed by atoms with Crippen molar-refractivity contribution in [3.63, 3.8) is 0 Å². The van der Waals surface area contributed by atoms with E-state index < -0.39 is 0 Å². The molecule has 1 amide bonds. The average molecular weight is 512 g/mol. The summed E-state index contributed by atoms with van der Waals surface area (Å²) in [5.41, 5.74) is 0. The Labute approximate surface area is 188 Å². The van der Waals surface area contributed by atoms with Gasteiger partial charge in [-0.25, -0.2) is 4.99 Å². The lowest BCUT2D eigenvalue weighted by atomic mass is 9.89. The van der Waals surface area contributed by atoms with Crippen molar-refractivity contribution in [1.82, 2.24) is 15.5 Å². The fourth-order valence-corrected chi connectivity index (χ4v) is 3.26. The molecule has 0 aromatic carbocycles. The number of aliphatic imine (C=N–C) groups is 1. The largest absolute Gasteiger partial charge is 0.382 e. The highest BCUT2D eigenvalue weighted by molar-refractivity contribution is 14.0. The lowest BCUT2D eigenvalue weighted by molar-refractivity contribution is -0.127. The molecule has 8 heteroatoms. The number of amides is 1. The van der Waals surface area contributed by atoms with Crippen molar-refractivity contribution in [3.05, 3.63) is 0 Å². The zero-order chi connectivity index (χ0) is 20.1. The number of hydrogen-bond donors (Lipinski definition) is 2. The molecule has 1 heterocycles. The molecule has 1 aliphatic rings. The first-order valence-electron chi connectivity index (χ1n) is 10.5. The summed E-state index contributed by atoms with van der Waals surface area (Å²) in [6.45, 7) is 9.59. The first-order valence-corrected chi connectivity index (χ1v) is 10.5. The van der Waals surface area contributed by atoms with Crippen molar-refractivity contribution in [1.29, 1.82) is 0 Å². The van der Waals surface area contributed by atoms with Crippen LogP contribution in [0.4, 0.5) is 0 Å². The summed E-state index contributed by atoms with van der Waals surface area (Å²) in [5, 5.41) is 6.86. The molecule has 0 bridgehead atoms. The van der Waals surface area contributed by atoms with E-state index in [1.807, 2.05) is 6.92 Å². The lowest BCUT2D eigenvalue weighted by Gasteiger charge is -2.35. The number of halogens is 1. The van der Waals surface area contributed by atoms with Crippen molar-refractivity contribution < 1.29 is 14.3 Å². The van der Waals surface area contributed by atoms with E-state index in [1.165, 1.54) is 0 Å². The topological polar surface area (TPSA) is 75.2 Å². The number of carbonyl (C=O) groups is 1. The molecule has 1 aliphatic heterocycles. The summed E-state index contributed by atoms with van der Waals surface area (Å²) in [6, 6.07) is 0.317. The first kappa shape index (κ1) is 27.4. The van der Waals surface area contributed by atoms with Crippen molar-refractivity contribution in [2.24, 2.45) is 10.9 Å². The minimum absolute atomic E-state index is 0. The van der Waals surface area contributed by atoms with Gasteiger partial charge in [-0.2, -0.15) is 0 Å². The number of rotatable bonds is 11. The van der Waals surface area contributed by atoms with Crippen LogP contribution < -0.4 is 10.6 Å². The summed E-state index contributed by atoms with van der Waals surface area (Å²) < 4.78 is 11.4. The number of nitrogens with zero attached hydrogens (tertiary/aromatic N) is 2. The molecule has 2 N–H and O–H groups in total. The second-order valence-corrected chi connectivity index (χ2v) is 7.28. The number of hydrogen-bond acceptors (Lipinski definition) is 4. The van der Waals surface area contributed by atoms with Crippen LogP contribution in [0.5, 0.6) is 0 Å². The molecule has 2 unspecified atom stereocenters. The van der Waals surface area contributed by atoms with Crippen molar-refractivity contribution in [2.75, 3.05) is 47.0 Å². The molecule has 1 fully saturated rings. The lowest BCUT2D eigenvalue weighted by Crippen LogP contribution is -2.49. The number of likely N-dealkylation sites (N-methyl/N-ethyl adjacent to an activating group) is 1. The van der Waals surface area contributed by atoms with E-state index in [0.29, 0.717) is 24.0 Å². The van der Waals surface area contributed by atoms with E-state index in [9.17, 15) is 4.79 Å². The Morgan fingerprint density at radius 3 is 2.61 bits per heavy atom.